The monoisotopic (exact) mass is 321 g/mol. The first-order valence-corrected chi connectivity index (χ1v) is 8.86. The summed E-state index contributed by atoms with van der Waals surface area (Å²) < 4.78 is 32.2. The molecule has 0 amide bonds. The Balaban J connectivity index is 1.70. The summed E-state index contributed by atoms with van der Waals surface area (Å²) in [7, 11) is -3.59. The highest BCUT2D eigenvalue weighted by atomic mass is 32.2. The molecule has 1 heterocycles. The number of hydrogen-bond acceptors (Lipinski definition) is 5. The molecule has 3 rings (SSSR count). The Bertz CT molecular complexity index is 764. The maximum Gasteiger partial charge on any atom is 0.241 e. The highest BCUT2D eigenvalue weighted by molar-refractivity contribution is 7.89. The van der Waals surface area contributed by atoms with E-state index < -0.39 is 10.0 Å². The lowest BCUT2D eigenvalue weighted by Crippen LogP contribution is -2.23. The van der Waals surface area contributed by atoms with E-state index in [4.69, 9.17) is 4.52 Å². The number of sulfonamides is 1. The van der Waals surface area contributed by atoms with Gasteiger partial charge < -0.3 is 4.52 Å². The first-order chi connectivity index (χ1) is 10.5. The topological polar surface area (TPSA) is 85.1 Å². The van der Waals surface area contributed by atoms with E-state index in [9.17, 15) is 8.42 Å². The van der Waals surface area contributed by atoms with Gasteiger partial charge in [-0.3, -0.25) is 0 Å². The normalized spacial score (nSPS) is 15.4. The summed E-state index contributed by atoms with van der Waals surface area (Å²) in [6.07, 6.45) is 2.15. The molecule has 0 saturated heterocycles. The van der Waals surface area contributed by atoms with E-state index in [2.05, 4.69) is 14.9 Å². The van der Waals surface area contributed by atoms with Crippen molar-refractivity contribution in [2.24, 2.45) is 0 Å². The van der Waals surface area contributed by atoms with Crippen LogP contribution in [0.25, 0.3) is 0 Å². The van der Waals surface area contributed by atoms with Crippen LogP contribution in [0.15, 0.2) is 33.7 Å². The lowest BCUT2D eigenvalue weighted by molar-refractivity contribution is 0.370. The van der Waals surface area contributed by atoms with E-state index in [1.54, 1.807) is 18.2 Å². The number of benzene rings is 1. The van der Waals surface area contributed by atoms with Gasteiger partial charge in [-0.2, -0.15) is 4.98 Å². The van der Waals surface area contributed by atoms with Gasteiger partial charge in [0.25, 0.3) is 0 Å². The third-order valence-corrected chi connectivity index (χ3v) is 5.07. The molecule has 0 radical (unpaired) electrons. The van der Waals surface area contributed by atoms with Gasteiger partial charge in [-0.15, -0.1) is 0 Å². The fourth-order valence-corrected chi connectivity index (χ4v) is 3.16. The smallest absolute Gasteiger partial charge is 0.241 e. The molecule has 6 nitrogen and oxygen atoms in total. The van der Waals surface area contributed by atoms with E-state index in [0.29, 0.717) is 17.6 Å². The van der Waals surface area contributed by atoms with E-state index in [-0.39, 0.29) is 17.4 Å². The molecule has 118 valence electrons. The van der Waals surface area contributed by atoms with Crippen LogP contribution < -0.4 is 4.72 Å². The fraction of sp³-hybridized carbons (Fsp3) is 0.467. The van der Waals surface area contributed by atoms with Crippen molar-refractivity contribution in [3.05, 3.63) is 41.5 Å². The number of nitrogens with one attached hydrogen (secondary N) is 1. The van der Waals surface area contributed by atoms with Crippen LogP contribution in [0.4, 0.5) is 0 Å². The van der Waals surface area contributed by atoms with Crippen molar-refractivity contribution in [2.75, 3.05) is 0 Å². The van der Waals surface area contributed by atoms with Crippen LogP contribution in [-0.2, 0) is 16.6 Å². The van der Waals surface area contributed by atoms with E-state index >= 15 is 0 Å². The van der Waals surface area contributed by atoms with Crippen LogP contribution >= 0.6 is 0 Å². The van der Waals surface area contributed by atoms with E-state index in [1.807, 2.05) is 19.9 Å². The van der Waals surface area contributed by atoms with Crippen molar-refractivity contribution in [3.8, 4) is 0 Å². The Morgan fingerprint density at radius 3 is 2.82 bits per heavy atom. The standard InChI is InChI=1S/C15H19N3O3S/c1-10(2)12-4-3-5-13(8-12)22(19,20)16-9-14-17-15(18-21-14)11-6-7-11/h3-5,8,10-11,16H,6-7,9H2,1-2H3. The quantitative estimate of drug-likeness (QED) is 0.883. The van der Waals surface area contributed by atoms with Crippen molar-refractivity contribution >= 4 is 10.0 Å². The third kappa shape index (κ3) is 3.36. The Labute approximate surface area is 130 Å². The predicted molar refractivity (Wildman–Crippen MR) is 80.8 cm³/mol. The Morgan fingerprint density at radius 1 is 1.36 bits per heavy atom. The molecule has 1 aliphatic carbocycles. The van der Waals surface area contributed by atoms with Gasteiger partial charge >= 0.3 is 0 Å². The van der Waals surface area contributed by atoms with Crippen LogP contribution in [0.3, 0.4) is 0 Å². The van der Waals surface area contributed by atoms with Gasteiger partial charge in [-0.1, -0.05) is 31.1 Å². The van der Waals surface area contributed by atoms with Crippen molar-refractivity contribution < 1.29 is 12.9 Å². The highest BCUT2D eigenvalue weighted by Crippen LogP contribution is 2.38. The Kier molecular flexibility index (Phi) is 4.01. The second-order valence-corrected chi connectivity index (χ2v) is 7.64. The molecule has 7 heteroatoms. The van der Waals surface area contributed by atoms with Gasteiger partial charge in [-0.05, 0) is 36.5 Å². The molecule has 1 aliphatic rings. The number of nitrogens with zero attached hydrogens (tertiary/aromatic N) is 2. The minimum Gasteiger partial charge on any atom is -0.338 e. The maximum atomic E-state index is 12.3. The van der Waals surface area contributed by atoms with Gasteiger partial charge in [-0.25, -0.2) is 13.1 Å². The minimum atomic E-state index is -3.59. The van der Waals surface area contributed by atoms with E-state index in [0.717, 1.165) is 18.4 Å². The summed E-state index contributed by atoms with van der Waals surface area (Å²) in [5, 5.41) is 3.87. The molecule has 0 bridgehead atoms. The lowest BCUT2D eigenvalue weighted by Gasteiger charge is -2.09. The summed E-state index contributed by atoms with van der Waals surface area (Å²) in [6.45, 7) is 4.06. The fourth-order valence-electron chi connectivity index (χ4n) is 2.13. The Hall–Kier alpha value is -1.73. The second kappa shape index (κ2) is 5.81. The maximum absolute atomic E-state index is 12.3. The van der Waals surface area contributed by atoms with Gasteiger partial charge in [0.1, 0.15) is 0 Å². The molecule has 0 aliphatic heterocycles. The molecular formula is C15H19N3O3S. The predicted octanol–water partition coefficient (Wildman–Crippen LogP) is 2.55. The highest BCUT2D eigenvalue weighted by Gasteiger charge is 2.29. The second-order valence-electron chi connectivity index (χ2n) is 5.87. The number of rotatable bonds is 6. The molecule has 22 heavy (non-hydrogen) atoms. The zero-order chi connectivity index (χ0) is 15.7. The summed E-state index contributed by atoms with van der Waals surface area (Å²) in [5.74, 6) is 1.63. The van der Waals surface area contributed by atoms with Crippen LogP contribution in [-0.4, -0.2) is 18.6 Å². The Morgan fingerprint density at radius 2 is 2.14 bits per heavy atom. The summed E-state index contributed by atoms with van der Waals surface area (Å²) in [5.41, 5.74) is 0.983. The number of hydrogen-bond donors (Lipinski definition) is 1. The summed E-state index contributed by atoms with van der Waals surface area (Å²) in [6, 6.07) is 6.94. The van der Waals surface area contributed by atoms with Crippen molar-refractivity contribution in [3.63, 3.8) is 0 Å². The van der Waals surface area contributed by atoms with Gasteiger partial charge in [0, 0.05) is 5.92 Å². The van der Waals surface area contributed by atoms with Gasteiger partial charge in [0.2, 0.25) is 15.9 Å². The first-order valence-electron chi connectivity index (χ1n) is 7.38. The van der Waals surface area contributed by atoms with Crippen molar-refractivity contribution in [1.82, 2.24) is 14.9 Å². The molecule has 1 saturated carbocycles. The van der Waals surface area contributed by atoms with Crippen molar-refractivity contribution in [1.29, 1.82) is 0 Å². The molecule has 1 fully saturated rings. The van der Waals surface area contributed by atoms with Gasteiger partial charge in [0.15, 0.2) is 5.82 Å². The molecule has 0 spiro atoms. The third-order valence-electron chi connectivity index (χ3n) is 3.67. The summed E-state index contributed by atoms with van der Waals surface area (Å²) >= 11 is 0. The zero-order valence-corrected chi connectivity index (χ0v) is 13.4. The molecule has 1 aromatic heterocycles. The molecule has 1 N–H and O–H groups in total. The minimum absolute atomic E-state index is 0.00790. The molecule has 0 atom stereocenters. The molecule has 0 unspecified atom stereocenters. The SMILES string of the molecule is CC(C)c1cccc(S(=O)(=O)NCc2nc(C3CC3)no2)c1. The van der Waals surface area contributed by atoms with Crippen LogP contribution in [0, 0.1) is 0 Å². The van der Waals surface area contributed by atoms with E-state index in [1.165, 1.54) is 0 Å². The lowest BCUT2D eigenvalue weighted by atomic mass is 10.0. The summed E-state index contributed by atoms with van der Waals surface area (Å²) in [4.78, 5) is 4.46. The zero-order valence-electron chi connectivity index (χ0n) is 12.6. The van der Waals surface area contributed by atoms with Crippen LogP contribution in [0.2, 0.25) is 0 Å². The van der Waals surface area contributed by atoms with Crippen LogP contribution in [0.5, 0.6) is 0 Å². The average Bonchev–Trinajstić information content (AvgIpc) is 3.24. The van der Waals surface area contributed by atoms with Gasteiger partial charge in [0.05, 0.1) is 11.4 Å². The number of aromatic nitrogens is 2. The first kappa shape index (κ1) is 15.2. The van der Waals surface area contributed by atoms with Crippen LogP contribution in [0.1, 0.15) is 55.8 Å². The van der Waals surface area contributed by atoms with Crippen molar-refractivity contribution in [2.45, 2.75) is 50.0 Å². The molecule has 2 aromatic rings. The molecule has 1 aromatic carbocycles. The average molecular weight is 321 g/mol. The largest absolute Gasteiger partial charge is 0.338 e. The molecular weight excluding hydrogens is 302 g/mol.